The average molecular weight is 300 g/mol. The van der Waals surface area contributed by atoms with Gasteiger partial charge in [0, 0.05) is 17.4 Å². The van der Waals surface area contributed by atoms with Gasteiger partial charge in [-0.2, -0.15) is 0 Å². The van der Waals surface area contributed by atoms with Gasteiger partial charge in [0.1, 0.15) is 6.21 Å². The Morgan fingerprint density at radius 2 is 2.16 bits per heavy atom. The molecule has 102 valence electrons. The molecule has 1 N–H and O–H groups in total. The maximum Gasteiger partial charge on any atom is 0.155 e. The van der Waals surface area contributed by atoms with Gasteiger partial charge in [0.05, 0.1) is 11.0 Å². The highest BCUT2D eigenvalue weighted by Crippen LogP contribution is 2.20. The summed E-state index contributed by atoms with van der Waals surface area (Å²) in [5.41, 5.74) is 1.80. The molecule has 1 aromatic carbocycles. The summed E-state index contributed by atoms with van der Waals surface area (Å²) in [7, 11) is 0. The zero-order chi connectivity index (χ0) is 13.7. The van der Waals surface area contributed by atoms with Crippen molar-refractivity contribution in [3.05, 3.63) is 29.0 Å². The lowest BCUT2D eigenvalue weighted by atomic mass is 10.2. The molecule has 0 saturated carbocycles. The largest absolute Gasteiger partial charge is 0.411 e. The highest BCUT2D eigenvalue weighted by molar-refractivity contribution is 6.31. The van der Waals surface area contributed by atoms with Crippen LogP contribution in [-0.4, -0.2) is 26.9 Å². The molecule has 0 saturated heterocycles. The Labute approximate surface area is 121 Å². The lowest BCUT2D eigenvalue weighted by Crippen LogP contribution is -2.03. The van der Waals surface area contributed by atoms with Crippen LogP contribution in [0.15, 0.2) is 23.4 Å². The van der Waals surface area contributed by atoms with Gasteiger partial charge in [0.15, 0.2) is 5.82 Å². The number of imidazole rings is 1. The highest BCUT2D eigenvalue weighted by atomic mass is 35.5. The Kier molecular flexibility index (Phi) is 5.05. The molecule has 1 heterocycles. The normalized spacial score (nSPS) is 11.7. The van der Waals surface area contributed by atoms with E-state index in [4.69, 9.17) is 28.4 Å². The number of benzene rings is 1. The van der Waals surface area contributed by atoms with Crippen molar-refractivity contribution in [3.63, 3.8) is 0 Å². The number of rotatable bonds is 6. The van der Waals surface area contributed by atoms with Crippen LogP contribution in [0.3, 0.4) is 0 Å². The first kappa shape index (κ1) is 14.2. The van der Waals surface area contributed by atoms with Crippen LogP contribution in [0.25, 0.3) is 11.0 Å². The minimum absolute atomic E-state index is 0.630. The number of aryl methyl sites for hydroxylation is 1. The number of nitrogens with zero attached hydrogens (tertiary/aromatic N) is 3. The van der Waals surface area contributed by atoms with Crippen molar-refractivity contribution < 1.29 is 5.21 Å². The maximum atomic E-state index is 8.71. The summed E-state index contributed by atoms with van der Waals surface area (Å²) < 4.78 is 2.03. The van der Waals surface area contributed by atoms with E-state index in [0.717, 1.165) is 36.8 Å². The zero-order valence-electron chi connectivity index (χ0n) is 10.4. The van der Waals surface area contributed by atoms with E-state index in [1.165, 1.54) is 6.21 Å². The Hall–Kier alpha value is -1.26. The number of aromatic nitrogens is 2. The van der Waals surface area contributed by atoms with Gasteiger partial charge in [-0.05, 0) is 31.0 Å². The summed E-state index contributed by atoms with van der Waals surface area (Å²) >= 11 is 11.6. The minimum atomic E-state index is 0.630. The molecule has 0 radical (unpaired) electrons. The molecule has 1 aromatic heterocycles. The van der Waals surface area contributed by atoms with Crippen molar-refractivity contribution in [2.75, 3.05) is 5.88 Å². The van der Waals surface area contributed by atoms with Crippen molar-refractivity contribution in [1.82, 2.24) is 9.55 Å². The fraction of sp³-hybridized carbons (Fsp3) is 0.385. The summed E-state index contributed by atoms with van der Waals surface area (Å²) in [6.07, 6.45) is 4.42. The van der Waals surface area contributed by atoms with E-state index in [0.29, 0.717) is 16.7 Å². The second kappa shape index (κ2) is 6.78. The third-order valence-electron chi connectivity index (χ3n) is 2.93. The van der Waals surface area contributed by atoms with Gasteiger partial charge in [-0.3, -0.25) is 0 Å². The minimum Gasteiger partial charge on any atom is -0.411 e. The predicted molar refractivity (Wildman–Crippen MR) is 78.7 cm³/mol. The van der Waals surface area contributed by atoms with Crippen LogP contribution in [0, 0.1) is 0 Å². The van der Waals surface area contributed by atoms with Crippen molar-refractivity contribution in [2.45, 2.75) is 25.8 Å². The van der Waals surface area contributed by atoms with Gasteiger partial charge in [-0.1, -0.05) is 23.2 Å². The fourth-order valence-electron chi connectivity index (χ4n) is 2.05. The van der Waals surface area contributed by atoms with E-state index < -0.39 is 0 Å². The molecule has 0 spiro atoms. The van der Waals surface area contributed by atoms with E-state index in [-0.39, 0.29) is 0 Å². The van der Waals surface area contributed by atoms with Gasteiger partial charge in [0.25, 0.3) is 0 Å². The van der Waals surface area contributed by atoms with Crippen molar-refractivity contribution in [1.29, 1.82) is 0 Å². The first-order chi connectivity index (χ1) is 9.26. The molecule has 0 atom stereocenters. The van der Waals surface area contributed by atoms with E-state index in [2.05, 4.69) is 10.1 Å². The van der Waals surface area contributed by atoms with Crippen LogP contribution in [0.5, 0.6) is 0 Å². The topological polar surface area (TPSA) is 50.4 Å². The summed E-state index contributed by atoms with van der Waals surface area (Å²) in [5, 5.41) is 12.4. The Balaban J connectivity index is 2.29. The average Bonchev–Trinajstić information content (AvgIpc) is 2.72. The number of oxime groups is 1. The number of unbranched alkanes of at least 4 members (excludes halogenated alkanes) is 2. The smallest absolute Gasteiger partial charge is 0.155 e. The first-order valence-corrected chi connectivity index (χ1v) is 7.06. The SMILES string of the molecule is O/N=C/c1nc2cc(Cl)ccc2n1CCCCCCl. The predicted octanol–water partition coefficient (Wildman–Crippen LogP) is 3.91. The molecular formula is C13H15Cl2N3O. The molecule has 0 fully saturated rings. The third-order valence-corrected chi connectivity index (χ3v) is 3.43. The molecule has 6 heteroatoms. The van der Waals surface area contributed by atoms with Gasteiger partial charge in [-0.25, -0.2) is 4.98 Å². The zero-order valence-corrected chi connectivity index (χ0v) is 11.9. The lowest BCUT2D eigenvalue weighted by Gasteiger charge is -2.06. The van der Waals surface area contributed by atoms with Gasteiger partial charge < -0.3 is 9.77 Å². The molecule has 0 aliphatic rings. The second-order valence-electron chi connectivity index (χ2n) is 4.25. The number of alkyl halides is 1. The monoisotopic (exact) mass is 299 g/mol. The van der Waals surface area contributed by atoms with Crippen molar-refractivity contribution in [3.8, 4) is 0 Å². The van der Waals surface area contributed by atoms with E-state index in [9.17, 15) is 0 Å². The van der Waals surface area contributed by atoms with Crippen LogP contribution in [-0.2, 0) is 6.54 Å². The Morgan fingerprint density at radius 3 is 2.89 bits per heavy atom. The van der Waals surface area contributed by atoms with Crippen molar-refractivity contribution >= 4 is 40.4 Å². The number of fused-ring (bicyclic) bond motifs is 1. The van der Waals surface area contributed by atoms with Crippen LogP contribution in [0.4, 0.5) is 0 Å². The maximum absolute atomic E-state index is 8.71. The summed E-state index contributed by atoms with van der Waals surface area (Å²) in [6, 6.07) is 5.57. The van der Waals surface area contributed by atoms with Crippen LogP contribution >= 0.6 is 23.2 Å². The van der Waals surface area contributed by atoms with Gasteiger partial charge in [0.2, 0.25) is 0 Å². The molecule has 2 rings (SSSR count). The number of hydrogen-bond donors (Lipinski definition) is 1. The molecule has 2 aromatic rings. The molecule has 0 amide bonds. The Morgan fingerprint density at radius 1 is 1.32 bits per heavy atom. The Bertz CT molecular complexity index is 581. The molecule has 0 aliphatic heterocycles. The second-order valence-corrected chi connectivity index (χ2v) is 5.06. The molecule has 4 nitrogen and oxygen atoms in total. The number of halogens is 2. The van der Waals surface area contributed by atoms with Crippen LogP contribution < -0.4 is 0 Å². The molecule has 0 aliphatic carbocycles. The van der Waals surface area contributed by atoms with E-state index in [1.54, 1.807) is 6.07 Å². The van der Waals surface area contributed by atoms with Crippen LogP contribution in [0.2, 0.25) is 5.02 Å². The molecule has 19 heavy (non-hydrogen) atoms. The standard InChI is InChI=1S/C13H15Cl2N3O/c14-6-2-1-3-7-18-12-5-4-10(15)8-11(12)17-13(18)9-16-19/h4-5,8-9,19H,1-3,6-7H2/b16-9+. The van der Waals surface area contributed by atoms with E-state index >= 15 is 0 Å². The van der Waals surface area contributed by atoms with Gasteiger partial charge in [-0.15, -0.1) is 11.6 Å². The molecular weight excluding hydrogens is 285 g/mol. The van der Waals surface area contributed by atoms with Crippen molar-refractivity contribution in [2.24, 2.45) is 5.16 Å². The van der Waals surface area contributed by atoms with Crippen LogP contribution in [0.1, 0.15) is 25.1 Å². The van der Waals surface area contributed by atoms with E-state index in [1.807, 2.05) is 16.7 Å². The van der Waals surface area contributed by atoms with Gasteiger partial charge >= 0.3 is 0 Å². The summed E-state index contributed by atoms with van der Waals surface area (Å²) in [6.45, 7) is 0.816. The first-order valence-electron chi connectivity index (χ1n) is 6.15. The molecule has 0 bridgehead atoms. The highest BCUT2D eigenvalue weighted by Gasteiger charge is 2.09. The summed E-state index contributed by atoms with van der Waals surface area (Å²) in [4.78, 5) is 4.41. The lowest BCUT2D eigenvalue weighted by molar-refractivity contribution is 0.321. The third kappa shape index (κ3) is 3.39. The quantitative estimate of drug-likeness (QED) is 0.289. The molecule has 0 unspecified atom stereocenters. The number of hydrogen-bond acceptors (Lipinski definition) is 3. The fourth-order valence-corrected chi connectivity index (χ4v) is 2.40. The summed E-state index contributed by atoms with van der Waals surface area (Å²) in [5.74, 6) is 1.32.